The van der Waals surface area contributed by atoms with Gasteiger partial charge in [0.05, 0.1) is 6.10 Å². The highest BCUT2D eigenvalue weighted by Crippen LogP contribution is 2.00. The Labute approximate surface area is 89.4 Å². The number of ether oxygens (including phenoxy) is 1. The van der Waals surface area contributed by atoms with Crippen molar-refractivity contribution >= 4 is 0 Å². The summed E-state index contributed by atoms with van der Waals surface area (Å²) in [5.74, 6) is 0.746. The molecule has 0 rings (SSSR count). The monoisotopic (exact) mass is 201 g/mol. The van der Waals surface area contributed by atoms with Crippen molar-refractivity contribution in [3.8, 4) is 0 Å². The molecular weight excluding hydrogens is 174 g/mol. The molecule has 2 heteroatoms. The molecule has 0 fully saturated rings. The zero-order chi connectivity index (χ0) is 10.8. The topological polar surface area (TPSA) is 21.3 Å². The van der Waals surface area contributed by atoms with Crippen LogP contribution in [0.25, 0.3) is 0 Å². The Morgan fingerprint density at radius 3 is 2.50 bits per heavy atom. The molecule has 0 bridgehead atoms. The van der Waals surface area contributed by atoms with E-state index in [0.717, 1.165) is 25.6 Å². The van der Waals surface area contributed by atoms with Crippen molar-refractivity contribution in [2.24, 2.45) is 5.92 Å². The van der Waals surface area contributed by atoms with Crippen LogP contribution in [0.15, 0.2) is 0 Å². The first-order chi connectivity index (χ1) is 6.66. The zero-order valence-corrected chi connectivity index (χ0v) is 10.3. The molecule has 0 saturated heterocycles. The van der Waals surface area contributed by atoms with Crippen molar-refractivity contribution in [3.05, 3.63) is 0 Å². The highest BCUT2D eigenvalue weighted by Gasteiger charge is 2.01. The Bertz CT molecular complexity index is 115. The van der Waals surface area contributed by atoms with E-state index in [1.165, 1.54) is 19.3 Å². The second-order valence-corrected chi connectivity index (χ2v) is 4.42. The number of hydrogen-bond acceptors (Lipinski definition) is 2. The van der Waals surface area contributed by atoms with Gasteiger partial charge in [-0.15, -0.1) is 0 Å². The summed E-state index contributed by atoms with van der Waals surface area (Å²) in [7, 11) is 0. The number of hydrogen-bond donors (Lipinski definition) is 1. The Balaban J connectivity index is 3.15. The molecule has 0 aromatic heterocycles. The van der Waals surface area contributed by atoms with E-state index in [2.05, 4.69) is 33.0 Å². The lowest BCUT2D eigenvalue weighted by molar-refractivity contribution is 0.0588. The fourth-order valence-electron chi connectivity index (χ4n) is 1.17. The van der Waals surface area contributed by atoms with E-state index in [9.17, 15) is 0 Å². The quantitative estimate of drug-likeness (QED) is 0.579. The minimum Gasteiger partial charge on any atom is -0.377 e. The van der Waals surface area contributed by atoms with Crippen molar-refractivity contribution in [3.63, 3.8) is 0 Å². The molecule has 0 aliphatic rings. The van der Waals surface area contributed by atoms with Crippen LogP contribution < -0.4 is 5.32 Å². The van der Waals surface area contributed by atoms with Crippen LogP contribution in [0.3, 0.4) is 0 Å². The fourth-order valence-corrected chi connectivity index (χ4v) is 1.17. The molecule has 86 valence electrons. The largest absolute Gasteiger partial charge is 0.377 e. The Morgan fingerprint density at radius 2 is 1.93 bits per heavy atom. The van der Waals surface area contributed by atoms with Gasteiger partial charge in [0.15, 0.2) is 0 Å². The third-order valence-corrected chi connectivity index (χ3v) is 2.24. The summed E-state index contributed by atoms with van der Waals surface area (Å²) in [6, 6.07) is 0. The highest BCUT2D eigenvalue weighted by atomic mass is 16.5. The Hall–Kier alpha value is -0.0800. The average molecular weight is 201 g/mol. The number of nitrogens with one attached hydrogen (secondary N) is 1. The van der Waals surface area contributed by atoms with Crippen LogP contribution in [0, 0.1) is 5.92 Å². The SMILES string of the molecule is CCCCNCC(C)OCCC(C)C. The first kappa shape index (κ1) is 13.9. The molecule has 1 atom stereocenters. The van der Waals surface area contributed by atoms with Crippen LogP contribution >= 0.6 is 0 Å². The Morgan fingerprint density at radius 1 is 1.21 bits per heavy atom. The van der Waals surface area contributed by atoms with Crippen molar-refractivity contribution in [2.45, 2.75) is 53.1 Å². The maximum Gasteiger partial charge on any atom is 0.0671 e. The van der Waals surface area contributed by atoms with Crippen LogP contribution in [0.1, 0.15) is 47.0 Å². The minimum absolute atomic E-state index is 0.352. The van der Waals surface area contributed by atoms with E-state index in [-0.39, 0.29) is 0 Å². The summed E-state index contributed by atoms with van der Waals surface area (Å²) in [4.78, 5) is 0. The molecule has 14 heavy (non-hydrogen) atoms. The van der Waals surface area contributed by atoms with Crippen molar-refractivity contribution in [1.82, 2.24) is 5.32 Å². The van der Waals surface area contributed by atoms with Crippen LogP contribution in [0.5, 0.6) is 0 Å². The van der Waals surface area contributed by atoms with Gasteiger partial charge in [-0.3, -0.25) is 0 Å². The maximum absolute atomic E-state index is 5.67. The molecule has 0 aliphatic heterocycles. The van der Waals surface area contributed by atoms with Crippen molar-refractivity contribution in [2.75, 3.05) is 19.7 Å². The second kappa shape index (κ2) is 9.47. The van der Waals surface area contributed by atoms with Crippen LogP contribution in [-0.2, 0) is 4.74 Å². The van der Waals surface area contributed by atoms with Gasteiger partial charge in [0, 0.05) is 13.2 Å². The molecule has 0 saturated carbocycles. The van der Waals surface area contributed by atoms with Gasteiger partial charge >= 0.3 is 0 Å². The second-order valence-electron chi connectivity index (χ2n) is 4.42. The smallest absolute Gasteiger partial charge is 0.0671 e. The molecular formula is C12H27NO. The summed E-state index contributed by atoms with van der Waals surface area (Å²) in [6.07, 6.45) is 4.04. The van der Waals surface area contributed by atoms with E-state index >= 15 is 0 Å². The molecule has 2 nitrogen and oxygen atoms in total. The van der Waals surface area contributed by atoms with Crippen molar-refractivity contribution < 1.29 is 4.74 Å². The molecule has 1 unspecified atom stereocenters. The Kier molecular flexibility index (Phi) is 9.42. The summed E-state index contributed by atoms with van der Waals surface area (Å²) in [6.45, 7) is 11.8. The lowest BCUT2D eigenvalue weighted by Gasteiger charge is -2.14. The number of rotatable bonds is 9. The van der Waals surface area contributed by atoms with Crippen LogP contribution in [0.4, 0.5) is 0 Å². The maximum atomic E-state index is 5.67. The van der Waals surface area contributed by atoms with Gasteiger partial charge in [0.1, 0.15) is 0 Å². The predicted octanol–water partition coefficient (Wildman–Crippen LogP) is 2.83. The summed E-state index contributed by atoms with van der Waals surface area (Å²) >= 11 is 0. The van der Waals surface area contributed by atoms with E-state index in [1.54, 1.807) is 0 Å². The molecule has 0 radical (unpaired) electrons. The molecule has 0 aliphatic carbocycles. The summed E-state index contributed by atoms with van der Waals surface area (Å²) in [5.41, 5.74) is 0. The fraction of sp³-hybridized carbons (Fsp3) is 1.00. The molecule has 0 heterocycles. The van der Waals surface area contributed by atoms with E-state index < -0.39 is 0 Å². The summed E-state index contributed by atoms with van der Waals surface area (Å²) < 4.78 is 5.67. The molecule has 1 N–H and O–H groups in total. The third-order valence-electron chi connectivity index (χ3n) is 2.24. The third kappa shape index (κ3) is 10.0. The van der Waals surface area contributed by atoms with Gasteiger partial charge in [0.25, 0.3) is 0 Å². The molecule has 0 spiro atoms. The average Bonchev–Trinajstić information content (AvgIpc) is 2.12. The van der Waals surface area contributed by atoms with Gasteiger partial charge in [-0.2, -0.15) is 0 Å². The standard InChI is InChI=1S/C12H27NO/c1-5-6-8-13-10-12(4)14-9-7-11(2)3/h11-13H,5-10H2,1-4H3. The lowest BCUT2D eigenvalue weighted by atomic mass is 10.1. The van der Waals surface area contributed by atoms with Crippen molar-refractivity contribution in [1.29, 1.82) is 0 Å². The molecule has 0 aromatic carbocycles. The van der Waals surface area contributed by atoms with E-state index in [0.29, 0.717) is 6.10 Å². The predicted molar refractivity (Wildman–Crippen MR) is 62.6 cm³/mol. The van der Waals surface area contributed by atoms with Gasteiger partial charge in [0.2, 0.25) is 0 Å². The van der Waals surface area contributed by atoms with E-state index in [4.69, 9.17) is 4.74 Å². The summed E-state index contributed by atoms with van der Waals surface area (Å²) in [5, 5.41) is 3.40. The van der Waals surface area contributed by atoms with Gasteiger partial charge in [-0.25, -0.2) is 0 Å². The zero-order valence-electron chi connectivity index (χ0n) is 10.3. The molecule has 0 aromatic rings. The van der Waals surface area contributed by atoms with Gasteiger partial charge < -0.3 is 10.1 Å². The highest BCUT2D eigenvalue weighted by molar-refractivity contribution is 4.55. The molecule has 0 amide bonds. The number of unbranched alkanes of at least 4 members (excludes halogenated alkanes) is 1. The minimum atomic E-state index is 0.352. The first-order valence-corrected chi connectivity index (χ1v) is 5.99. The van der Waals surface area contributed by atoms with Gasteiger partial charge in [-0.1, -0.05) is 27.2 Å². The lowest BCUT2D eigenvalue weighted by Crippen LogP contribution is -2.28. The van der Waals surface area contributed by atoms with Crippen LogP contribution in [0.2, 0.25) is 0 Å². The van der Waals surface area contributed by atoms with E-state index in [1.807, 2.05) is 0 Å². The van der Waals surface area contributed by atoms with Crippen LogP contribution in [-0.4, -0.2) is 25.8 Å². The van der Waals surface area contributed by atoms with Gasteiger partial charge in [-0.05, 0) is 32.2 Å². The first-order valence-electron chi connectivity index (χ1n) is 5.99. The normalized spacial score (nSPS) is 13.5.